The van der Waals surface area contributed by atoms with E-state index in [0.717, 1.165) is 5.56 Å². The molecule has 2 amide bonds. The molecule has 0 saturated carbocycles. The Morgan fingerprint density at radius 2 is 1.94 bits per heavy atom. The second kappa shape index (κ2) is 8.54. The number of amides is 2. The highest BCUT2D eigenvalue weighted by Gasteiger charge is 2.18. The third kappa shape index (κ3) is 4.03. The summed E-state index contributed by atoms with van der Waals surface area (Å²) < 4.78 is 15.9. The minimum absolute atomic E-state index is 0.135. The van der Waals surface area contributed by atoms with Crippen LogP contribution in [0.4, 0.5) is 5.69 Å². The Morgan fingerprint density at radius 1 is 1.09 bits per heavy atom. The molecule has 2 aromatic heterocycles. The standard InChI is InChI=1S/C24H20N4O5/c1-31-19-5-3-2-4-15(19)10-27-24(30)18-12-26-22-17(18)9-16(11-25-22)28-23(29)14-6-7-20-21(8-14)33-13-32-20/h2-9,11-12H,10,13H2,1H3,(H,25,26)(H,27,30)(H,28,29). The van der Waals surface area contributed by atoms with Crippen LogP contribution in [0.2, 0.25) is 0 Å². The Hall–Kier alpha value is -4.53. The molecule has 3 N–H and O–H groups in total. The highest BCUT2D eigenvalue weighted by Crippen LogP contribution is 2.32. The maximum atomic E-state index is 12.8. The molecule has 2 aromatic carbocycles. The van der Waals surface area contributed by atoms with Crippen LogP contribution >= 0.6 is 0 Å². The fraction of sp³-hybridized carbons (Fsp3) is 0.125. The molecule has 9 heteroatoms. The number of methoxy groups -OCH3 is 1. The summed E-state index contributed by atoms with van der Waals surface area (Å²) in [4.78, 5) is 32.8. The van der Waals surface area contributed by atoms with E-state index >= 15 is 0 Å². The molecule has 33 heavy (non-hydrogen) atoms. The molecule has 0 unspecified atom stereocenters. The molecule has 9 nitrogen and oxygen atoms in total. The lowest BCUT2D eigenvalue weighted by Crippen LogP contribution is -2.22. The number of pyridine rings is 1. The number of hydrogen-bond donors (Lipinski definition) is 3. The van der Waals surface area contributed by atoms with E-state index in [1.54, 1.807) is 37.6 Å². The van der Waals surface area contributed by atoms with Gasteiger partial charge in [-0.1, -0.05) is 18.2 Å². The fourth-order valence-corrected chi connectivity index (χ4v) is 3.62. The van der Waals surface area contributed by atoms with E-state index in [2.05, 4.69) is 20.6 Å². The van der Waals surface area contributed by atoms with E-state index in [1.165, 1.54) is 6.20 Å². The van der Waals surface area contributed by atoms with Crippen LogP contribution in [0.15, 0.2) is 60.9 Å². The topological polar surface area (TPSA) is 115 Å². The minimum atomic E-state index is -0.327. The Kier molecular flexibility index (Phi) is 5.27. The van der Waals surface area contributed by atoms with Gasteiger partial charge in [-0.15, -0.1) is 0 Å². The lowest BCUT2D eigenvalue weighted by molar-refractivity contribution is 0.0951. The molecule has 0 bridgehead atoms. The first-order chi connectivity index (χ1) is 16.1. The van der Waals surface area contributed by atoms with Crippen LogP contribution in [-0.4, -0.2) is 35.7 Å². The first-order valence-corrected chi connectivity index (χ1v) is 10.2. The van der Waals surface area contributed by atoms with Gasteiger partial charge in [0.1, 0.15) is 11.4 Å². The van der Waals surface area contributed by atoms with Gasteiger partial charge in [-0.3, -0.25) is 9.59 Å². The molecule has 0 aliphatic carbocycles. The average molecular weight is 444 g/mol. The maximum absolute atomic E-state index is 12.8. The van der Waals surface area contributed by atoms with Crippen LogP contribution in [0.5, 0.6) is 17.2 Å². The van der Waals surface area contributed by atoms with Gasteiger partial charge in [0.05, 0.1) is 24.6 Å². The first-order valence-electron chi connectivity index (χ1n) is 10.2. The van der Waals surface area contributed by atoms with Crippen LogP contribution in [-0.2, 0) is 6.54 Å². The van der Waals surface area contributed by atoms with Crippen LogP contribution < -0.4 is 24.8 Å². The first kappa shape index (κ1) is 20.4. The van der Waals surface area contributed by atoms with E-state index in [-0.39, 0.29) is 18.6 Å². The average Bonchev–Trinajstić information content (AvgIpc) is 3.49. The van der Waals surface area contributed by atoms with Gasteiger partial charge in [-0.2, -0.15) is 0 Å². The largest absolute Gasteiger partial charge is 0.496 e. The summed E-state index contributed by atoms with van der Waals surface area (Å²) in [6.07, 6.45) is 3.12. The summed E-state index contributed by atoms with van der Waals surface area (Å²) in [6, 6.07) is 14.2. The molecule has 0 spiro atoms. The van der Waals surface area contributed by atoms with Crippen molar-refractivity contribution in [2.24, 2.45) is 0 Å². The Morgan fingerprint density at radius 3 is 2.82 bits per heavy atom. The molecule has 166 valence electrons. The summed E-state index contributed by atoms with van der Waals surface area (Å²) in [6.45, 7) is 0.444. The molecule has 3 heterocycles. The third-order valence-corrected chi connectivity index (χ3v) is 5.30. The van der Waals surface area contributed by atoms with Gasteiger partial charge in [-0.25, -0.2) is 4.98 Å². The number of ether oxygens (including phenoxy) is 3. The summed E-state index contributed by atoms with van der Waals surface area (Å²) in [7, 11) is 1.59. The quantitative estimate of drug-likeness (QED) is 0.420. The Balaban J connectivity index is 1.33. The lowest BCUT2D eigenvalue weighted by Gasteiger charge is -2.09. The number of hydrogen-bond acceptors (Lipinski definition) is 6. The van der Waals surface area contributed by atoms with E-state index in [9.17, 15) is 9.59 Å². The van der Waals surface area contributed by atoms with Gasteiger partial charge >= 0.3 is 0 Å². The number of anilines is 1. The highest BCUT2D eigenvalue weighted by molar-refractivity contribution is 6.08. The second-order valence-corrected chi connectivity index (χ2v) is 7.34. The number of nitrogens with one attached hydrogen (secondary N) is 3. The van der Waals surface area contributed by atoms with Crippen molar-refractivity contribution in [2.45, 2.75) is 6.54 Å². The zero-order valence-corrected chi connectivity index (χ0v) is 17.7. The number of rotatable bonds is 6. The number of carbonyl (C=O) groups is 2. The number of para-hydroxylation sites is 1. The van der Waals surface area contributed by atoms with Crippen LogP contribution in [0.25, 0.3) is 11.0 Å². The molecule has 0 fully saturated rings. The van der Waals surface area contributed by atoms with Crippen molar-refractivity contribution in [3.63, 3.8) is 0 Å². The van der Waals surface area contributed by atoms with Crippen LogP contribution in [0, 0.1) is 0 Å². The van der Waals surface area contributed by atoms with Gasteiger partial charge in [0.2, 0.25) is 6.79 Å². The van der Waals surface area contributed by atoms with E-state index in [4.69, 9.17) is 14.2 Å². The summed E-state index contributed by atoms with van der Waals surface area (Å²) in [5.74, 6) is 1.23. The summed E-state index contributed by atoms with van der Waals surface area (Å²) >= 11 is 0. The molecule has 0 saturated heterocycles. The zero-order chi connectivity index (χ0) is 22.8. The number of fused-ring (bicyclic) bond motifs is 2. The van der Waals surface area contributed by atoms with E-state index < -0.39 is 0 Å². The molecule has 0 radical (unpaired) electrons. The number of H-pyrrole nitrogens is 1. The summed E-state index contributed by atoms with van der Waals surface area (Å²) in [5, 5.41) is 6.30. The van der Waals surface area contributed by atoms with Gasteiger partial charge in [0, 0.05) is 29.3 Å². The second-order valence-electron chi connectivity index (χ2n) is 7.34. The number of nitrogens with zero attached hydrogens (tertiary/aromatic N) is 1. The molecule has 4 aromatic rings. The Labute approximate surface area is 188 Å². The predicted molar refractivity (Wildman–Crippen MR) is 121 cm³/mol. The van der Waals surface area contributed by atoms with Crippen LogP contribution in [0.3, 0.4) is 0 Å². The third-order valence-electron chi connectivity index (χ3n) is 5.30. The van der Waals surface area contributed by atoms with Gasteiger partial charge in [0.15, 0.2) is 11.5 Å². The van der Waals surface area contributed by atoms with Crippen molar-refractivity contribution in [1.82, 2.24) is 15.3 Å². The molecule has 1 aliphatic heterocycles. The smallest absolute Gasteiger partial charge is 0.255 e. The Bertz CT molecular complexity index is 1360. The van der Waals surface area contributed by atoms with E-state index in [1.807, 2.05) is 24.3 Å². The predicted octanol–water partition coefficient (Wildman–Crippen LogP) is 3.48. The summed E-state index contributed by atoms with van der Waals surface area (Å²) in [5.41, 5.74) is 2.71. The van der Waals surface area contributed by atoms with Gasteiger partial charge < -0.3 is 29.8 Å². The number of benzene rings is 2. The number of carbonyl (C=O) groups excluding carboxylic acids is 2. The van der Waals surface area contributed by atoms with Crippen LogP contribution in [0.1, 0.15) is 26.3 Å². The monoisotopic (exact) mass is 444 g/mol. The van der Waals surface area contributed by atoms with Crippen molar-refractivity contribution in [1.29, 1.82) is 0 Å². The number of aromatic amines is 1. The van der Waals surface area contributed by atoms with E-state index in [0.29, 0.717) is 51.6 Å². The fourth-order valence-electron chi connectivity index (χ4n) is 3.62. The molecular weight excluding hydrogens is 424 g/mol. The van der Waals surface area contributed by atoms with Crippen molar-refractivity contribution >= 4 is 28.5 Å². The lowest BCUT2D eigenvalue weighted by atomic mass is 10.1. The normalized spacial score (nSPS) is 11.9. The van der Waals surface area contributed by atoms with Gasteiger partial charge in [-0.05, 0) is 30.3 Å². The maximum Gasteiger partial charge on any atom is 0.255 e. The minimum Gasteiger partial charge on any atom is -0.496 e. The molecular formula is C24H20N4O5. The molecule has 0 atom stereocenters. The van der Waals surface area contributed by atoms with Crippen molar-refractivity contribution < 1.29 is 23.8 Å². The SMILES string of the molecule is COc1ccccc1CNC(=O)c1c[nH]c2ncc(NC(=O)c3ccc4c(c3)OCO4)cc12. The molecule has 1 aliphatic rings. The zero-order valence-electron chi connectivity index (χ0n) is 17.7. The van der Waals surface area contributed by atoms with Crippen molar-refractivity contribution in [2.75, 3.05) is 19.2 Å². The highest BCUT2D eigenvalue weighted by atomic mass is 16.7. The number of aromatic nitrogens is 2. The van der Waals surface area contributed by atoms with Crippen molar-refractivity contribution in [3.05, 3.63) is 77.6 Å². The van der Waals surface area contributed by atoms with Crippen molar-refractivity contribution in [3.8, 4) is 17.2 Å². The van der Waals surface area contributed by atoms with Gasteiger partial charge in [0.25, 0.3) is 11.8 Å². The molecule has 5 rings (SSSR count).